The van der Waals surface area contributed by atoms with Crippen LogP contribution in [0, 0.1) is 6.92 Å². The van der Waals surface area contributed by atoms with Gasteiger partial charge < -0.3 is 8.98 Å². The Morgan fingerprint density at radius 2 is 1.59 bits per heavy atom. The second-order valence-electron chi connectivity index (χ2n) is 6.61. The van der Waals surface area contributed by atoms with Gasteiger partial charge in [0, 0.05) is 6.54 Å². The van der Waals surface area contributed by atoms with E-state index in [9.17, 15) is 0 Å². The molecule has 2 aromatic heterocycles. The number of aryl methyl sites for hydroxylation is 1. The summed E-state index contributed by atoms with van der Waals surface area (Å²) >= 11 is 1.77. The molecule has 1 aliphatic carbocycles. The van der Waals surface area contributed by atoms with Crippen LogP contribution in [0.4, 0.5) is 0 Å². The molecule has 2 aromatic carbocycles. The molecule has 0 atom stereocenters. The summed E-state index contributed by atoms with van der Waals surface area (Å²) in [6.45, 7) is 4.90. The molecule has 0 saturated carbocycles. The first-order valence-electron chi connectivity index (χ1n) is 9.10. The van der Waals surface area contributed by atoms with E-state index in [0.717, 1.165) is 28.8 Å². The number of benzene rings is 2. The highest BCUT2D eigenvalue weighted by Gasteiger charge is 2.30. The third kappa shape index (κ3) is 2.53. The number of furan rings is 1. The first kappa shape index (κ1) is 16.4. The molecule has 4 nitrogen and oxygen atoms in total. The van der Waals surface area contributed by atoms with Gasteiger partial charge in [-0.25, -0.2) is 0 Å². The second kappa shape index (κ2) is 6.43. The summed E-state index contributed by atoms with van der Waals surface area (Å²) in [7, 11) is 0. The van der Waals surface area contributed by atoms with E-state index in [-0.39, 0.29) is 5.25 Å². The van der Waals surface area contributed by atoms with Gasteiger partial charge in [-0.05, 0) is 42.2 Å². The lowest BCUT2D eigenvalue weighted by molar-refractivity contribution is 0.534. The van der Waals surface area contributed by atoms with Crippen molar-refractivity contribution in [1.29, 1.82) is 0 Å². The van der Waals surface area contributed by atoms with Crippen molar-refractivity contribution in [3.05, 3.63) is 77.7 Å². The van der Waals surface area contributed by atoms with Gasteiger partial charge in [-0.2, -0.15) is 0 Å². The van der Waals surface area contributed by atoms with E-state index < -0.39 is 0 Å². The highest BCUT2D eigenvalue weighted by molar-refractivity contribution is 7.99. The SMILES string of the molecule is CCn1c(SC2c3ccccc3-c3ccccc32)nnc1-c1ccoc1C. The minimum absolute atomic E-state index is 0.227. The summed E-state index contributed by atoms with van der Waals surface area (Å²) in [4.78, 5) is 0. The molecule has 0 N–H and O–H groups in total. The molecule has 0 bridgehead atoms. The van der Waals surface area contributed by atoms with Crippen molar-refractivity contribution in [3.63, 3.8) is 0 Å². The quantitative estimate of drug-likeness (QED) is 0.458. The van der Waals surface area contributed by atoms with Crippen LogP contribution in [0.3, 0.4) is 0 Å². The maximum Gasteiger partial charge on any atom is 0.192 e. The lowest BCUT2D eigenvalue weighted by Gasteiger charge is -2.14. The summed E-state index contributed by atoms with van der Waals surface area (Å²) in [5.74, 6) is 1.73. The van der Waals surface area contributed by atoms with Gasteiger partial charge in [0.05, 0.1) is 17.1 Å². The third-order valence-electron chi connectivity index (χ3n) is 5.13. The minimum atomic E-state index is 0.227. The van der Waals surface area contributed by atoms with E-state index in [4.69, 9.17) is 4.42 Å². The van der Waals surface area contributed by atoms with Crippen LogP contribution in [0.25, 0.3) is 22.5 Å². The van der Waals surface area contributed by atoms with Gasteiger partial charge in [-0.15, -0.1) is 10.2 Å². The van der Waals surface area contributed by atoms with Gasteiger partial charge in [-0.3, -0.25) is 0 Å². The zero-order valence-corrected chi connectivity index (χ0v) is 16.0. The van der Waals surface area contributed by atoms with Crippen molar-refractivity contribution in [2.75, 3.05) is 0 Å². The maximum atomic E-state index is 5.47. The van der Waals surface area contributed by atoms with Crippen molar-refractivity contribution < 1.29 is 4.42 Å². The fraction of sp³-hybridized carbons (Fsp3) is 0.182. The normalized spacial score (nSPS) is 13.0. The molecule has 0 spiro atoms. The number of hydrogen-bond acceptors (Lipinski definition) is 4. The smallest absolute Gasteiger partial charge is 0.192 e. The van der Waals surface area contributed by atoms with Crippen LogP contribution in [-0.2, 0) is 6.54 Å². The Hall–Kier alpha value is -2.79. The zero-order chi connectivity index (χ0) is 18.4. The fourth-order valence-corrected chi connectivity index (χ4v) is 5.13. The molecular weight excluding hydrogens is 354 g/mol. The summed E-state index contributed by atoms with van der Waals surface area (Å²) < 4.78 is 7.64. The lowest BCUT2D eigenvalue weighted by atomic mass is 10.1. The van der Waals surface area contributed by atoms with Gasteiger partial charge in [0.25, 0.3) is 0 Å². The molecule has 134 valence electrons. The van der Waals surface area contributed by atoms with Gasteiger partial charge in [-0.1, -0.05) is 60.3 Å². The summed E-state index contributed by atoms with van der Waals surface area (Å²) in [6, 6.07) is 19.3. The maximum absolute atomic E-state index is 5.47. The molecule has 27 heavy (non-hydrogen) atoms. The molecule has 0 fully saturated rings. The summed E-state index contributed by atoms with van der Waals surface area (Å²) in [6.07, 6.45) is 1.70. The van der Waals surface area contributed by atoms with E-state index in [1.165, 1.54) is 22.3 Å². The number of rotatable bonds is 4. The number of thioether (sulfide) groups is 1. The molecule has 2 heterocycles. The highest BCUT2D eigenvalue weighted by atomic mass is 32.2. The average molecular weight is 373 g/mol. The predicted octanol–water partition coefficient (Wildman–Crippen LogP) is 5.73. The van der Waals surface area contributed by atoms with E-state index in [1.54, 1.807) is 18.0 Å². The Morgan fingerprint density at radius 1 is 0.926 bits per heavy atom. The standard InChI is InChI=1S/C22H19N3OS/c1-3-25-21(15-12-13-26-14(15)2)23-24-22(25)27-20-18-10-6-4-8-16(18)17-9-5-7-11-19(17)20/h4-13,20H,3H2,1-2H3. The van der Waals surface area contributed by atoms with Crippen LogP contribution < -0.4 is 0 Å². The monoisotopic (exact) mass is 373 g/mol. The number of hydrogen-bond donors (Lipinski definition) is 0. The van der Waals surface area contributed by atoms with E-state index >= 15 is 0 Å². The van der Waals surface area contributed by atoms with Gasteiger partial charge in [0.15, 0.2) is 11.0 Å². The van der Waals surface area contributed by atoms with Crippen LogP contribution >= 0.6 is 11.8 Å². The predicted molar refractivity (Wildman–Crippen MR) is 108 cm³/mol. The molecule has 0 saturated heterocycles. The van der Waals surface area contributed by atoms with Crippen LogP contribution in [0.2, 0.25) is 0 Å². The van der Waals surface area contributed by atoms with E-state index in [0.29, 0.717) is 0 Å². The summed E-state index contributed by atoms with van der Waals surface area (Å²) in [5, 5.41) is 10.2. The average Bonchev–Trinajstić information content (AvgIpc) is 3.38. The molecule has 0 amide bonds. The van der Waals surface area contributed by atoms with Crippen LogP contribution in [-0.4, -0.2) is 14.8 Å². The van der Waals surface area contributed by atoms with Gasteiger partial charge >= 0.3 is 0 Å². The van der Waals surface area contributed by atoms with Crippen molar-refractivity contribution in [2.45, 2.75) is 30.8 Å². The Labute approximate surface area is 162 Å². The summed E-state index contributed by atoms with van der Waals surface area (Å²) in [5.41, 5.74) is 6.33. The van der Waals surface area contributed by atoms with Crippen LogP contribution in [0.1, 0.15) is 29.1 Å². The second-order valence-corrected chi connectivity index (χ2v) is 7.69. The van der Waals surface area contributed by atoms with Crippen LogP contribution in [0.5, 0.6) is 0 Å². The Balaban J connectivity index is 1.59. The van der Waals surface area contributed by atoms with Crippen molar-refractivity contribution >= 4 is 11.8 Å². The van der Waals surface area contributed by atoms with Crippen molar-refractivity contribution in [2.24, 2.45) is 0 Å². The minimum Gasteiger partial charge on any atom is -0.469 e. The Bertz CT molecular complexity index is 1080. The van der Waals surface area contributed by atoms with Crippen molar-refractivity contribution in [3.8, 4) is 22.5 Å². The third-order valence-corrected chi connectivity index (χ3v) is 6.39. The number of nitrogens with zero attached hydrogens (tertiary/aromatic N) is 3. The number of fused-ring (bicyclic) bond motifs is 3. The van der Waals surface area contributed by atoms with Crippen molar-refractivity contribution in [1.82, 2.24) is 14.8 Å². The van der Waals surface area contributed by atoms with Gasteiger partial charge in [0.1, 0.15) is 5.76 Å². The molecule has 0 unspecified atom stereocenters. The van der Waals surface area contributed by atoms with E-state index in [1.807, 2.05) is 13.0 Å². The van der Waals surface area contributed by atoms with Gasteiger partial charge in [0.2, 0.25) is 0 Å². The molecular formula is C22H19N3OS. The molecule has 0 radical (unpaired) electrons. The fourth-order valence-electron chi connectivity index (χ4n) is 3.82. The Kier molecular flexibility index (Phi) is 3.90. The number of aromatic nitrogens is 3. The largest absolute Gasteiger partial charge is 0.469 e. The zero-order valence-electron chi connectivity index (χ0n) is 15.2. The molecule has 5 heteroatoms. The molecule has 4 aromatic rings. The van der Waals surface area contributed by atoms with Crippen LogP contribution in [0.15, 0.2) is 70.4 Å². The Morgan fingerprint density at radius 3 is 2.19 bits per heavy atom. The highest BCUT2D eigenvalue weighted by Crippen LogP contribution is 2.52. The lowest BCUT2D eigenvalue weighted by Crippen LogP contribution is -2.01. The molecule has 0 aliphatic heterocycles. The first-order valence-corrected chi connectivity index (χ1v) is 9.98. The first-order chi connectivity index (χ1) is 13.3. The molecule has 1 aliphatic rings. The molecule has 5 rings (SSSR count). The van der Waals surface area contributed by atoms with E-state index in [2.05, 4.69) is 70.2 Å². The topological polar surface area (TPSA) is 43.9 Å².